The lowest BCUT2D eigenvalue weighted by Gasteiger charge is -2.62. The number of aliphatic hydroxyl groups excluding tert-OH is 1. The highest BCUT2D eigenvalue weighted by Crippen LogP contribution is 2.68. The number of rotatable bonds is 0. The highest BCUT2D eigenvalue weighted by Gasteiger charge is 2.64. The SMILES string of the molecule is CC1CCC(=O)OC2CCC3(C)C(CCC4C3CC(O)C3(C)C1CCC43)C2.O. The quantitative estimate of drug-likeness (QED) is 0.630. The molecule has 9 rings (SSSR count). The van der Waals surface area contributed by atoms with E-state index in [1.54, 1.807) is 0 Å². The summed E-state index contributed by atoms with van der Waals surface area (Å²) in [7, 11) is 0. The van der Waals surface area contributed by atoms with Crippen LogP contribution >= 0.6 is 0 Å². The van der Waals surface area contributed by atoms with Crippen LogP contribution in [-0.4, -0.2) is 28.8 Å². The van der Waals surface area contributed by atoms with Crippen LogP contribution in [0.3, 0.4) is 0 Å². The van der Waals surface area contributed by atoms with Crippen LogP contribution < -0.4 is 0 Å². The number of fused-ring (bicyclic) bond motifs is 1. The summed E-state index contributed by atoms with van der Waals surface area (Å²) >= 11 is 0. The molecule has 0 radical (unpaired) electrons. The van der Waals surface area contributed by atoms with Gasteiger partial charge in [-0.1, -0.05) is 20.8 Å². The third-order valence-electron chi connectivity index (χ3n) is 10.6. The van der Waals surface area contributed by atoms with Gasteiger partial charge in [0.1, 0.15) is 6.10 Å². The number of aliphatic hydroxyl groups is 1. The molecule has 0 aromatic heterocycles. The molecule has 0 aromatic rings. The van der Waals surface area contributed by atoms with E-state index in [2.05, 4.69) is 20.8 Å². The van der Waals surface area contributed by atoms with Crippen LogP contribution in [0.4, 0.5) is 0 Å². The van der Waals surface area contributed by atoms with E-state index in [-0.39, 0.29) is 29.1 Å². The number of hydrogen-bond donors (Lipinski definition) is 1. The van der Waals surface area contributed by atoms with Crippen LogP contribution in [0.2, 0.25) is 0 Å². The second-order valence-electron chi connectivity index (χ2n) is 11.4. The second-order valence-corrected chi connectivity index (χ2v) is 11.4. The van der Waals surface area contributed by atoms with Crippen LogP contribution in [-0.2, 0) is 9.53 Å². The summed E-state index contributed by atoms with van der Waals surface area (Å²) in [4.78, 5) is 12.5. The molecule has 4 saturated carbocycles. The standard InChI is InChI=1S/C24H38O3.H2O/c1-14-4-9-22(26)27-16-10-11-23(2)15(12-16)5-6-17-19-8-7-18(14)24(19,3)21(25)13-20(17)23;/h14-21,25H,4-13H2,1-3H3;1H2. The fraction of sp³-hybridized carbons (Fsp3) is 0.958. The molecule has 8 bridgehead atoms. The Bertz CT molecular complexity index is 620. The van der Waals surface area contributed by atoms with Gasteiger partial charge < -0.3 is 15.3 Å². The maximum Gasteiger partial charge on any atom is 0.306 e. The first-order chi connectivity index (χ1) is 12.8. The first kappa shape index (κ1) is 20.7. The van der Waals surface area contributed by atoms with Gasteiger partial charge in [0.2, 0.25) is 0 Å². The number of esters is 1. The fourth-order valence-corrected chi connectivity index (χ4v) is 9.04. The van der Waals surface area contributed by atoms with Gasteiger partial charge in [-0.25, -0.2) is 0 Å². The predicted molar refractivity (Wildman–Crippen MR) is 108 cm³/mol. The summed E-state index contributed by atoms with van der Waals surface area (Å²) in [5, 5.41) is 11.5. The molecular weight excluding hydrogens is 352 g/mol. The summed E-state index contributed by atoms with van der Waals surface area (Å²) in [6.45, 7) is 7.24. The Hall–Kier alpha value is -0.610. The molecule has 5 aliphatic heterocycles. The van der Waals surface area contributed by atoms with Crippen molar-refractivity contribution in [2.24, 2.45) is 46.3 Å². The van der Waals surface area contributed by atoms with Gasteiger partial charge in [0.25, 0.3) is 0 Å². The molecule has 0 spiro atoms. The van der Waals surface area contributed by atoms with E-state index >= 15 is 0 Å². The fourth-order valence-electron chi connectivity index (χ4n) is 9.04. The van der Waals surface area contributed by atoms with Crippen molar-refractivity contribution in [2.75, 3.05) is 0 Å². The molecule has 28 heavy (non-hydrogen) atoms. The van der Waals surface area contributed by atoms with Gasteiger partial charge in [0, 0.05) is 6.42 Å². The van der Waals surface area contributed by atoms with E-state index in [9.17, 15) is 9.90 Å². The second kappa shape index (κ2) is 6.97. The van der Waals surface area contributed by atoms with E-state index < -0.39 is 0 Å². The van der Waals surface area contributed by atoms with Crippen LogP contribution in [0, 0.1) is 46.3 Å². The summed E-state index contributed by atoms with van der Waals surface area (Å²) in [6.07, 6.45) is 10.9. The van der Waals surface area contributed by atoms with Crippen LogP contribution in [0.15, 0.2) is 0 Å². The van der Waals surface area contributed by atoms with Gasteiger partial charge in [-0.3, -0.25) is 4.79 Å². The Labute approximate surface area is 170 Å². The van der Waals surface area contributed by atoms with E-state index in [1.165, 1.54) is 32.1 Å². The third kappa shape index (κ3) is 2.73. The van der Waals surface area contributed by atoms with Crippen molar-refractivity contribution in [2.45, 2.75) is 97.2 Å². The minimum Gasteiger partial charge on any atom is -0.462 e. The Kier molecular flexibility index (Phi) is 5.14. The minimum atomic E-state index is -0.165. The van der Waals surface area contributed by atoms with Crippen molar-refractivity contribution < 1.29 is 20.1 Å². The molecule has 3 N–H and O–H groups in total. The molecule has 5 heterocycles. The van der Waals surface area contributed by atoms with Crippen LogP contribution in [0.1, 0.15) is 85.0 Å². The normalized spacial score (nSPS) is 55.5. The van der Waals surface area contributed by atoms with Gasteiger partial charge >= 0.3 is 5.97 Å². The molecule has 10 unspecified atom stereocenters. The van der Waals surface area contributed by atoms with Crippen LogP contribution in [0.25, 0.3) is 0 Å². The molecule has 4 heteroatoms. The molecule has 0 aromatic carbocycles. The Balaban J connectivity index is 0.00000192. The average Bonchev–Trinajstić information content (AvgIpc) is 2.99. The highest BCUT2D eigenvalue weighted by molar-refractivity contribution is 5.69. The average molecular weight is 393 g/mol. The lowest BCUT2D eigenvalue weighted by molar-refractivity contribution is -0.184. The zero-order valence-electron chi connectivity index (χ0n) is 18.0. The summed E-state index contributed by atoms with van der Waals surface area (Å²) in [5.74, 6) is 3.89. The maximum atomic E-state index is 12.5. The summed E-state index contributed by atoms with van der Waals surface area (Å²) in [5.41, 5.74) is 0.386. The third-order valence-corrected chi connectivity index (χ3v) is 10.6. The topological polar surface area (TPSA) is 78.0 Å². The van der Waals surface area contributed by atoms with E-state index in [0.29, 0.717) is 41.4 Å². The van der Waals surface area contributed by atoms with Crippen LogP contribution in [0.5, 0.6) is 0 Å². The molecular formula is C24H40O4. The van der Waals surface area contributed by atoms with Gasteiger partial charge in [-0.05, 0) is 104 Å². The zero-order chi connectivity index (χ0) is 19.0. The molecule has 9 aliphatic rings. The molecule has 10 atom stereocenters. The van der Waals surface area contributed by atoms with Gasteiger partial charge in [0.15, 0.2) is 0 Å². The molecule has 160 valence electrons. The van der Waals surface area contributed by atoms with Gasteiger partial charge in [-0.2, -0.15) is 0 Å². The Morgan fingerprint density at radius 1 is 0.964 bits per heavy atom. The van der Waals surface area contributed by atoms with Gasteiger partial charge in [0.05, 0.1) is 6.10 Å². The Morgan fingerprint density at radius 2 is 1.71 bits per heavy atom. The van der Waals surface area contributed by atoms with Crippen molar-refractivity contribution in [3.05, 3.63) is 0 Å². The molecule has 4 nitrogen and oxygen atoms in total. The monoisotopic (exact) mass is 392 g/mol. The highest BCUT2D eigenvalue weighted by atomic mass is 16.5. The zero-order valence-corrected chi connectivity index (χ0v) is 18.0. The molecule has 4 aliphatic carbocycles. The number of hydrogen-bond acceptors (Lipinski definition) is 3. The lowest BCUT2D eigenvalue weighted by atomic mass is 9.43. The molecule has 0 amide bonds. The smallest absolute Gasteiger partial charge is 0.306 e. The number of ether oxygens (including phenoxy) is 1. The Morgan fingerprint density at radius 3 is 2.50 bits per heavy atom. The van der Waals surface area contributed by atoms with Crippen molar-refractivity contribution in [3.63, 3.8) is 0 Å². The largest absolute Gasteiger partial charge is 0.462 e. The van der Waals surface area contributed by atoms with Crippen molar-refractivity contribution in [3.8, 4) is 0 Å². The predicted octanol–water partition coefficient (Wildman–Crippen LogP) is 4.13. The number of carbonyl (C=O) groups excluding carboxylic acids is 1. The number of carbonyl (C=O) groups is 1. The van der Waals surface area contributed by atoms with Gasteiger partial charge in [-0.15, -0.1) is 0 Å². The van der Waals surface area contributed by atoms with E-state index in [1.807, 2.05) is 0 Å². The van der Waals surface area contributed by atoms with E-state index in [4.69, 9.17) is 4.74 Å². The minimum absolute atomic E-state index is 0. The molecule has 9 fully saturated rings. The van der Waals surface area contributed by atoms with Crippen molar-refractivity contribution in [1.82, 2.24) is 0 Å². The maximum absolute atomic E-state index is 12.5. The first-order valence-corrected chi connectivity index (χ1v) is 11.7. The van der Waals surface area contributed by atoms with Crippen molar-refractivity contribution in [1.29, 1.82) is 0 Å². The summed E-state index contributed by atoms with van der Waals surface area (Å²) < 4.78 is 5.94. The molecule has 5 saturated heterocycles. The van der Waals surface area contributed by atoms with Crippen molar-refractivity contribution >= 4 is 5.97 Å². The van der Waals surface area contributed by atoms with E-state index in [0.717, 1.165) is 31.6 Å². The summed E-state index contributed by atoms with van der Waals surface area (Å²) in [6, 6.07) is 0. The first-order valence-electron chi connectivity index (χ1n) is 11.7. The lowest BCUT2D eigenvalue weighted by Crippen LogP contribution is -2.59.